The summed E-state index contributed by atoms with van der Waals surface area (Å²) in [7, 11) is 1.58. The Morgan fingerprint density at radius 2 is 2.04 bits per heavy atom. The van der Waals surface area contributed by atoms with Crippen LogP contribution in [0.25, 0.3) is 0 Å². The van der Waals surface area contributed by atoms with Gasteiger partial charge in [0.1, 0.15) is 0 Å². The molecule has 0 saturated heterocycles. The maximum atomic E-state index is 13.6. The van der Waals surface area contributed by atoms with Crippen LogP contribution >= 0.6 is 0 Å². The Bertz CT molecular complexity index is 1010. The molecule has 1 aromatic heterocycles. The summed E-state index contributed by atoms with van der Waals surface area (Å²) < 4.78 is 5.30. The minimum absolute atomic E-state index is 0.0995. The van der Waals surface area contributed by atoms with E-state index in [4.69, 9.17) is 4.74 Å². The summed E-state index contributed by atoms with van der Waals surface area (Å²) >= 11 is 0. The van der Waals surface area contributed by atoms with Gasteiger partial charge >= 0.3 is 0 Å². The average molecular weight is 378 g/mol. The number of pyridine rings is 1. The van der Waals surface area contributed by atoms with Crippen LogP contribution < -0.4 is 5.56 Å². The monoisotopic (exact) mass is 378 g/mol. The van der Waals surface area contributed by atoms with Gasteiger partial charge in [0.05, 0.1) is 18.2 Å². The number of rotatable bonds is 7. The molecule has 0 unspecified atom stereocenters. The Morgan fingerprint density at radius 3 is 2.61 bits per heavy atom. The van der Waals surface area contributed by atoms with Crippen molar-refractivity contribution in [2.24, 2.45) is 5.92 Å². The van der Waals surface area contributed by atoms with E-state index in [-0.39, 0.29) is 23.9 Å². The number of methoxy groups -OCH3 is 1. The fraction of sp³-hybridized carbons (Fsp3) is 0.435. The molecule has 0 spiro atoms. The average Bonchev–Trinajstić information content (AvgIpc) is 3.46. The second kappa shape index (κ2) is 8.12. The molecule has 1 fully saturated rings. The summed E-state index contributed by atoms with van der Waals surface area (Å²) in [6.07, 6.45) is 3.03. The lowest BCUT2D eigenvalue weighted by Crippen LogP contribution is -2.26. The van der Waals surface area contributed by atoms with Crippen LogP contribution in [0.4, 0.5) is 0 Å². The van der Waals surface area contributed by atoms with E-state index in [1.165, 1.54) is 0 Å². The van der Waals surface area contributed by atoms with Crippen LogP contribution in [0.3, 0.4) is 0 Å². The third kappa shape index (κ3) is 4.07. The van der Waals surface area contributed by atoms with E-state index in [1.807, 2.05) is 20.8 Å². The third-order valence-corrected chi connectivity index (χ3v) is 5.20. The highest BCUT2D eigenvalue weighted by Gasteiger charge is 2.30. The zero-order chi connectivity index (χ0) is 20.4. The second-order valence-electron chi connectivity index (χ2n) is 7.96. The topological polar surface area (TPSA) is 83.0 Å². The van der Waals surface area contributed by atoms with Crippen LogP contribution in [0.2, 0.25) is 0 Å². The number of H-pyrrole nitrogens is 1. The highest BCUT2D eigenvalue weighted by molar-refractivity contribution is 6.11. The van der Waals surface area contributed by atoms with Gasteiger partial charge in [0.15, 0.2) is 5.78 Å². The molecule has 5 nitrogen and oxygen atoms in total. The lowest BCUT2D eigenvalue weighted by molar-refractivity contribution is 0.103. The Kier molecular flexibility index (Phi) is 5.81. The third-order valence-electron chi connectivity index (χ3n) is 5.20. The normalized spacial score (nSPS) is 13.6. The number of aromatic amines is 1. The van der Waals surface area contributed by atoms with E-state index in [9.17, 15) is 14.9 Å². The van der Waals surface area contributed by atoms with Gasteiger partial charge in [-0.1, -0.05) is 13.8 Å². The minimum Gasteiger partial charge on any atom is -0.378 e. The first-order chi connectivity index (χ1) is 13.3. The quantitative estimate of drug-likeness (QED) is 0.738. The van der Waals surface area contributed by atoms with Gasteiger partial charge in [0.2, 0.25) is 0 Å². The number of ether oxygens (including phenoxy) is 1. The molecular weight excluding hydrogens is 352 g/mol. The first-order valence-corrected chi connectivity index (χ1v) is 9.69. The predicted molar refractivity (Wildman–Crippen MR) is 108 cm³/mol. The van der Waals surface area contributed by atoms with E-state index >= 15 is 0 Å². The lowest BCUT2D eigenvalue weighted by Gasteiger charge is -2.19. The number of nitriles is 1. The maximum absolute atomic E-state index is 13.6. The smallest absolute Gasteiger partial charge is 0.252 e. The van der Waals surface area contributed by atoms with Crippen LogP contribution in [-0.2, 0) is 17.8 Å². The van der Waals surface area contributed by atoms with Crippen molar-refractivity contribution in [2.45, 2.75) is 52.6 Å². The molecule has 1 N–H and O–H groups in total. The zero-order valence-electron chi connectivity index (χ0n) is 16.9. The van der Waals surface area contributed by atoms with Crippen molar-refractivity contribution in [1.82, 2.24) is 4.98 Å². The van der Waals surface area contributed by atoms with Gasteiger partial charge in [-0.3, -0.25) is 9.59 Å². The summed E-state index contributed by atoms with van der Waals surface area (Å²) in [5, 5.41) is 9.29. The van der Waals surface area contributed by atoms with Crippen molar-refractivity contribution in [2.75, 3.05) is 7.11 Å². The van der Waals surface area contributed by atoms with E-state index < -0.39 is 0 Å². The van der Waals surface area contributed by atoms with Gasteiger partial charge in [0, 0.05) is 29.5 Å². The van der Waals surface area contributed by atoms with Crippen LogP contribution in [0.15, 0.2) is 23.0 Å². The van der Waals surface area contributed by atoms with Gasteiger partial charge in [-0.25, -0.2) is 0 Å². The number of carbonyl (C=O) groups is 1. The van der Waals surface area contributed by atoms with Gasteiger partial charge in [0.25, 0.3) is 5.56 Å². The van der Waals surface area contributed by atoms with Crippen molar-refractivity contribution < 1.29 is 9.53 Å². The van der Waals surface area contributed by atoms with Crippen molar-refractivity contribution in [3.05, 3.63) is 67.6 Å². The summed E-state index contributed by atoms with van der Waals surface area (Å²) in [5.74, 6) is 0.251. The summed E-state index contributed by atoms with van der Waals surface area (Å²) in [4.78, 5) is 29.4. The van der Waals surface area contributed by atoms with Crippen LogP contribution in [0, 0.1) is 24.2 Å². The largest absolute Gasteiger partial charge is 0.378 e. The van der Waals surface area contributed by atoms with Crippen molar-refractivity contribution in [3.63, 3.8) is 0 Å². The first-order valence-electron chi connectivity index (χ1n) is 9.69. The standard InChI is InChI=1S/C23H26N2O3/c1-13(2)20-21(22(26)17-8-14(3)7-16(9-17)11-24)18(10-15-5-6-15)19(12-28-4)25-23(20)27/h7-9,13,15H,5-6,10,12H2,1-4H3,(H,25,27). The Labute approximate surface area is 165 Å². The zero-order valence-corrected chi connectivity index (χ0v) is 16.9. The molecule has 0 atom stereocenters. The number of nitrogens with one attached hydrogen (secondary N) is 1. The second-order valence-corrected chi connectivity index (χ2v) is 7.96. The van der Waals surface area contributed by atoms with E-state index in [1.54, 1.807) is 25.3 Å². The van der Waals surface area contributed by atoms with Crippen LogP contribution in [-0.4, -0.2) is 17.9 Å². The van der Waals surface area contributed by atoms with Crippen molar-refractivity contribution in [1.29, 1.82) is 5.26 Å². The number of aromatic nitrogens is 1. The number of benzene rings is 1. The molecule has 0 radical (unpaired) electrons. The molecule has 1 aromatic carbocycles. The molecular formula is C23H26N2O3. The number of carbonyl (C=O) groups excluding carboxylic acids is 1. The van der Waals surface area contributed by atoms with E-state index in [2.05, 4.69) is 11.1 Å². The van der Waals surface area contributed by atoms with Crippen LogP contribution in [0.5, 0.6) is 0 Å². The molecule has 5 heteroatoms. The molecule has 1 aliphatic rings. The molecule has 3 rings (SSSR count). The molecule has 0 bridgehead atoms. The molecule has 0 amide bonds. The van der Waals surface area contributed by atoms with Gasteiger partial charge < -0.3 is 9.72 Å². The number of ketones is 1. The predicted octanol–water partition coefficient (Wildman–Crippen LogP) is 4.01. The van der Waals surface area contributed by atoms with Crippen molar-refractivity contribution in [3.8, 4) is 6.07 Å². The fourth-order valence-corrected chi connectivity index (χ4v) is 3.74. The maximum Gasteiger partial charge on any atom is 0.252 e. The van der Waals surface area contributed by atoms with E-state index in [0.717, 1.165) is 30.4 Å². The Hall–Kier alpha value is -2.71. The Balaban J connectivity index is 2.27. The van der Waals surface area contributed by atoms with Crippen molar-refractivity contribution >= 4 is 5.78 Å². The molecule has 2 aromatic rings. The number of hydrogen-bond donors (Lipinski definition) is 1. The summed E-state index contributed by atoms with van der Waals surface area (Å²) in [6, 6.07) is 7.25. The molecule has 146 valence electrons. The van der Waals surface area contributed by atoms with Crippen LogP contribution in [0.1, 0.15) is 76.5 Å². The summed E-state index contributed by atoms with van der Waals surface area (Å²) in [6.45, 7) is 5.97. The first kappa shape index (κ1) is 20.0. The fourth-order valence-electron chi connectivity index (χ4n) is 3.74. The molecule has 28 heavy (non-hydrogen) atoms. The molecule has 0 aliphatic heterocycles. The number of hydrogen-bond acceptors (Lipinski definition) is 4. The highest BCUT2D eigenvalue weighted by Crippen LogP contribution is 2.36. The lowest BCUT2D eigenvalue weighted by atomic mass is 9.86. The minimum atomic E-state index is -0.238. The van der Waals surface area contributed by atoms with E-state index in [0.29, 0.717) is 33.9 Å². The van der Waals surface area contributed by atoms with Gasteiger partial charge in [-0.15, -0.1) is 0 Å². The molecule has 1 saturated carbocycles. The molecule has 1 aliphatic carbocycles. The Morgan fingerprint density at radius 1 is 1.32 bits per heavy atom. The SMILES string of the molecule is COCc1[nH]c(=O)c(C(C)C)c(C(=O)c2cc(C)cc(C#N)c2)c1CC1CC1. The highest BCUT2D eigenvalue weighted by atomic mass is 16.5. The van der Waals surface area contributed by atoms with Gasteiger partial charge in [-0.05, 0) is 67.3 Å². The molecule has 1 heterocycles. The number of aryl methyl sites for hydroxylation is 1. The number of nitrogens with zero attached hydrogens (tertiary/aromatic N) is 1. The van der Waals surface area contributed by atoms with Gasteiger partial charge in [-0.2, -0.15) is 5.26 Å². The summed E-state index contributed by atoms with van der Waals surface area (Å²) in [5.41, 5.74) is 4.08.